The summed E-state index contributed by atoms with van der Waals surface area (Å²) in [6, 6.07) is 7.95. The molecular weight excluding hydrogens is 268 g/mol. The molecule has 0 aliphatic carbocycles. The molecule has 0 aromatic heterocycles. The summed E-state index contributed by atoms with van der Waals surface area (Å²) in [4.78, 5) is 26.6. The molecule has 5 heteroatoms. The van der Waals surface area contributed by atoms with E-state index < -0.39 is 6.09 Å². The van der Waals surface area contributed by atoms with Gasteiger partial charge in [-0.2, -0.15) is 0 Å². The van der Waals surface area contributed by atoms with E-state index in [4.69, 9.17) is 0 Å². The first-order chi connectivity index (χ1) is 10.1. The van der Waals surface area contributed by atoms with E-state index in [1.165, 1.54) is 5.56 Å². The van der Waals surface area contributed by atoms with Crippen LogP contribution in [0.5, 0.6) is 0 Å². The van der Waals surface area contributed by atoms with Crippen LogP contribution in [0.4, 0.5) is 4.79 Å². The number of carbonyl (C=O) groups is 2. The second kappa shape index (κ2) is 5.39. The number of piperidine rings is 1. The SMILES string of the molecule is CN1CC(C2c3ccccc3CCN2C(=O)O)CCC1=O. The monoisotopic (exact) mass is 288 g/mol. The summed E-state index contributed by atoms with van der Waals surface area (Å²) < 4.78 is 0. The van der Waals surface area contributed by atoms with E-state index in [1.807, 2.05) is 18.2 Å². The van der Waals surface area contributed by atoms with Crippen molar-refractivity contribution in [1.82, 2.24) is 9.80 Å². The summed E-state index contributed by atoms with van der Waals surface area (Å²) in [6.45, 7) is 1.16. The van der Waals surface area contributed by atoms with Gasteiger partial charge in [0, 0.05) is 32.5 Å². The Hall–Kier alpha value is -2.04. The number of fused-ring (bicyclic) bond motifs is 1. The molecule has 3 rings (SSSR count). The number of likely N-dealkylation sites (tertiary alicyclic amines) is 1. The van der Waals surface area contributed by atoms with E-state index in [-0.39, 0.29) is 17.9 Å². The molecule has 2 heterocycles. The predicted octanol–water partition coefficient (Wildman–Crippen LogP) is 2.13. The fraction of sp³-hybridized carbons (Fsp3) is 0.500. The molecule has 2 atom stereocenters. The summed E-state index contributed by atoms with van der Waals surface area (Å²) >= 11 is 0. The van der Waals surface area contributed by atoms with Crippen molar-refractivity contribution in [3.63, 3.8) is 0 Å². The third-order valence-corrected chi connectivity index (χ3v) is 4.69. The Balaban J connectivity index is 1.95. The molecule has 1 aromatic rings. The quantitative estimate of drug-likeness (QED) is 0.861. The van der Waals surface area contributed by atoms with E-state index in [9.17, 15) is 14.7 Å². The van der Waals surface area contributed by atoms with Gasteiger partial charge in [0.2, 0.25) is 5.91 Å². The number of hydrogen-bond donors (Lipinski definition) is 1. The zero-order valence-corrected chi connectivity index (χ0v) is 12.2. The number of benzene rings is 1. The first-order valence-electron chi connectivity index (χ1n) is 7.39. The van der Waals surface area contributed by atoms with E-state index in [1.54, 1.807) is 16.8 Å². The minimum atomic E-state index is -0.867. The second-order valence-electron chi connectivity index (χ2n) is 5.94. The maximum atomic E-state index is 11.7. The molecule has 1 N–H and O–H groups in total. The molecule has 1 saturated heterocycles. The van der Waals surface area contributed by atoms with Gasteiger partial charge >= 0.3 is 6.09 Å². The highest BCUT2D eigenvalue weighted by Crippen LogP contribution is 2.39. The molecule has 2 unspecified atom stereocenters. The molecule has 0 bridgehead atoms. The predicted molar refractivity (Wildman–Crippen MR) is 78.0 cm³/mol. The normalized spacial score (nSPS) is 25.7. The van der Waals surface area contributed by atoms with Crippen molar-refractivity contribution in [2.24, 2.45) is 5.92 Å². The van der Waals surface area contributed by atoms with Crippen LogP contribution in [-0.4, -0.2) is 47.0 Å². The Bertz CT molecular complexity index is 572. The summed E-state index contributed by atoms with van der Waals surface area (Å²) in [7, 11) is 1.80. The lowest BCUT2D eigenvalue weighted by atomic mass is 9.81. The van der Waals surface area contributed by atoms with Crippen molar-refractivity contribution in [2.75, 3.05) is 20.1 Å². The number of carbonyl (C=O) groups excluding carboxylic acids is 1. The summed E-state index contributed by atoms with van der Waals surface area (Å²) in [5, 5.41) is 9.53. The van der Waals surface area contributed by atoms with E-state index >= 15 is 0 Å². The smallest absolute Gasteiger partial charge is 0.407 e. The summed E-state index contributed by atoms with van der Waals surface area (Å²) in [5.74, 6) is 0.322. The van der Waals surface area contributed by atoms with Crippen LogP contribution in [0.2, 0.25) is 0 Å². The van der Waals surface area contributed by atoms with Crippen LogP contribution in [0.1, 0.15) is 30.0 Å². The molecule has 0 spiro atoms. The third kappa shape index (κ3) is 2.48. The zero-order valence-electron chi connectivity index (χ0n) is 12.2. The topological polar surface area (TPSA) is 60.9 Å². The Morgan fingerprint density at radius 3 is 2.76 bits per heavy atom. The highest BCUT2D eigenvalue weighted by atomic mass is 16.4. The molecule has 2 amide bonds. The molecule has 2 aliphatic heterocycles. The number of hydrogen-bond acceptors (Lipinski definition) is 2. The number of carboxylic acid groups (broad SMARTS) is 1. The van der Waals surface area contributed by atoms with Crippen LogP contribution in [-0.2, 0) is 11.2 Å². The number of rotatable bonds is 1. The van der Waals surface area contributed by atoms with Gasteiger partial charge in [-0.15, -0.1) is 0 Å². The van der Waals surface area contributed by atoms with Gasteiger partial charge in [0.05, 0.1) is 6.04 Å². The minimum absolute atomic E-state index is 0.136. The number of nitrogens with zero attached hydrogens (tertiary/aromatic N) is 2. The lowest BCUT2D eigenvalue weighted by Gasteiger charge is -2.43. The Labute approximate surface area is 124 Å². The molecule has 112 valence electrons. The van der Waals surface area contributed by atoms with Crippen LogP contribution in [0.15, 0.2) is 24.3 Å². The number of amides is 2. The molecule has 1 fully saturated rings. The van der Waals surface area contributed by atoms with E-state index in [0.717, 1.165) is 18.4 Å². The van der Waals surface area contributed by atoms with Crippen LogP contribution >= 0.6 is 0 Å². The van der Waals surface area contributed by atoms with E-state index in [0.29, 0.717) is 19.5 Å². The maximum Gasteiger partial charge on any atom is 0.407 e. The standard InChI is InChI=1S/C16H20N2O3/c1-17-10-12(6-7-14(17)19)15-13-5-3-2-4-11(13)8-9-18(15)16(20)21/h2-5,12,15H,6-10H2,1H3,(H,20,21). The molecule has 5 nitrogen and oxygen atoms in total. The highest BCUT2D eigenvalue weighted by molar-refractivity contribution is 5.76. The largest absolute Gasteiger partial charge is 0.465 e. The van der Waals surface area contributed by atoms with Crippen molar-refractivity contribution in [2.45, 2.75) is 25.3 Å². The minimum Gasteiger partial charge on any atom is -0.465 e. The van der Waals surface area contributed by atoms with Crippen molar-refractivity contribution >= 4 is 12.0 Å². The Kier molecular flexibility index (Phi) is 3.57. The van der Waals surface area contributed by atoms with Gasteiger partial charge < -0.3 is 14.9 Å². The van der Waals surface area contributed by atoms with Gasteiger partial charge in [0.15, 0.2) is 0 Å². The average Bonchev–Trinajstić information content (AvgIpc) is 2.49. The maximum absolute atomic E-state index is 11.7. The lowest BCUT2D eigenvalue weighted by Crippen LogP contribution is -2.47. The van der Waals surface area contributed by atoms with Crippen molar-refractivity contribution in [3.05, 3.63) is 35.4 Å². The Morgan fingerprint density at radius 2 is 2.05 bits per heavy atom. The molecule has 1 aromatic carbocycles. The first-order valence-corrected chi connectivity index (χ1v) is 7.39. The first kappa shape index (κ1) is 13.9. The Morgan fingerprint density at radius 1 is 1.29 bits per heavy atom. The fourth-order valence-corrected chi connectivity index (χ4v) is 3.62. The molecule has 0 radical (unpaired) electrons. The zero-order chi connectivity index (χ0) is 15.0. The molecule has 21 heavy (non-hydrogen) atoms. The van der Waals surface area contributed by atoms with Gasteiger partial charge in [-0.1, -0.05) is 24.3 Å². The summed E-state index contributed by atoms with van der Waals surface area (Å²) in [6.07, 6.45) is 1.16. The summed E-state index contributed by atoms with van der Waals surface area (Å²) in [5.41, 5.74) is 2.35. The van der Waals surface area contributed by atoms with Gasteiger partial charge in [0.25, 0.3) is 0 Å². The molecular formula is C16H20N2O3. The van der Waals surface area contributed by atoms with Crippen LogP contribution < -0.4 is 0 Å². The average molecular weight is 288 g/mol. The molecule has 2 aliphatic rings. The van der Waals surface area contributed by atoms with Gasteiger partial charge in [0.1, 0.15) is 0 Å². The van der Waals surface area contributed by atoms with Gasteiger partial charge in [-0.3, -0.25) is 4.79 Å². The lowest BCUT2D eigenvalue weighted by molar-refractivity contribution is -0.134. The van der Waals surface area contributed by atoms with Crippen molar-refractivity contribution in [3.8, 4) is 0 Å². The van der Waals surface area contributed by atoms with Crippen molar-refractivity contribution < 1.29 is 14.7 Å². The molecule has 0 saturated carbocycles. The fourth-order valence-electron chi connectivity index (χ4n) is 3.62. The van der Waals surface area contributed by atoms with Gasteiger partial charge in [-0.25, -0.2) is 4.79 Å². The van der Waals surface area contributed by atoms with E-state index in [2.05, 4.69) is 6.07 Å². The van der Waals surface area contributed by atoms with Crippen LogP contribution in [0.25, 0.3) is 0 Å². The van der Waals surface area contributed by atoms with Crippen molar-refractivity contribution in [1.29, 1.82) is 0 Å². The second-order valence-corrected chi connectivity index (χ2v) is 5.94. The van der Waals surface area contributed by atoms with Crippen LogP contribution in [0.3, 0.4) is 0 Å². The van der Waals surface area contributed by atoms with Crippen LogP contribution in [0, 0.1) is 5.92 Å². The van der Waals surface area contributed by atoms with Gasteiger partial charge in [-0.05, 0) is 24.0 Å². The third-order valence-electron chi connectivity index (χ3n) is 4.69. The highest BCUT2D eigenvalue weighted by Gasteiger charge is 2.38.